The SMILES string of the molecule is CCOC1CC(O)C12CCN(CC1(O)CCC(C)CC1)CC2. The van der Waals surface area contributed by atoms with Crippen LogP contribution in [-0.2, 0) is 4.74 Å². The monoisotopic (exact) mass is 311 g/mol. The number of hydrogen-bond acceptors (Lipinski definition) is 4. The molecule has 0 amide bonds. The Labute approximate surface area is 134 Å². The van der Waals surface area contributed by atoms with Crippen LogP contribution in [0.1, 0.15) is 58.8 Å². The lowest BCUT2D eigenvalue weighted by Gasteiger charge is -2.57. The highest BCUT2D eigenvalue weighted by molar-refractivity contribution is 5.07. The van der Waals surface area contributed by atoms with E-state index in [1.165, 1.54) is 0 Å². The number of aliphatic hydroxyl groups is 2. The van der Waals surface area contributed by atoms with Crippen molar-refractivity contribution >= 4 is 0 Å². The van der Waals surface area contributed by atoms with E-state index in [1.807, 2.05) is 6.92 Å². The normalized spacial score (nSPS) is 42.3. The molecule has 2 unspecified atom stereocenters. The molecule has 3 fully saturated rings. The van der Waals surface area contributed by atoms with Crippen LogP contribution < -0.4 is 0 Å². The second kappa shape index (κ2) is 6.39. The minimum absolute atomic E-state index is 0.00376. The van der Waals surface area contributed by atoms with Crippen molar-refractivity contribution < 1.29 is 14.9 Å². The molecule has 2 N–H and O–H groups in total. The third-order valence-electron chi connectivity index (χ3n) is 6.62. The standard InChI is InChI=1S/C18H33NO3/c1-3-22-16-12-15(20)18(16)8-10-19(11-9-18)13-17(21)6-4-14(2)5-7-17/h14-16,20-21H,3-13H2,1-2H3. The molecule has 3 aliphatic rings. The Hall–Kier alpha value is -0.160. The van der Waals surface area contributed by atoms with Crippen LogP contribution in [0.2, 0.25) is 0 Å². The fraction of sp³-hybridized carbons (Fsp3) is 1.00. The highest BCUT2D eigenvalue weighted by atomic mass is 16.5. The largest absolute Gasteiger partial charge is 0.392 e. The van der Waals surface area contributed by atoms with Gasteiger partial charge in [0.15, 0.2) is 0 Å². The molecule has 22 heavy (non-hydrogen) atoms. The Morgan fingerprint density at radius 3 is 2.32 bits per heavy atom. The smallest absolute Gasteiger partial charge is 0.0774 e. The van der Waals surface area contributed by atoms with Gasteiger partial charge in [0.25, 0.3) is 0 Å². The van der Waals surface area contributed by atoms with Gasteiger partial charge in [-0.1, -0.05) is 6.92 Å². The number of aliphatic hydroxyl groups excluding tert-OH is 1. The first-order valence-electron chi connectivity index (χ1n) is 9.22. The Kier molecular flexibility index (Phi) is 4.84. The number of ether oxygens (including phenoxy) is 1. The molecule has 4 heteroatoms. The van der Waals surface area contributed by atoms with E-state index in [4.69, 9.17) is 4.74 Å². The number of β-amino-alcohol motifs (C(OH)–C–C–N with tert-alkyl or cyclic N) is 1. The van der Waals surface area contributed by atoms with Crippen LogP contribution >= 0.6 is 0 Å². The second-order valence-electron chi connectivity index (χ2n) is 8.11. The Balaban J connectivity index is 1.51. The van der Waals surface area contributed by atoms with E-state index in [2.05, 4.69) is 11.8 Å². The molecule has 0 radical (unpaired) electrons. The van der Waals surface area contributed by atoms with Gasteiger partial charge in [0.05, 0.1) is 17.8 Å². The molecule has 2 atom stereocenters. The quantitative estimate of drug-likeness (QED) is 0.835. The molecule has 3 rings (SSSR count). The summed E-state index contributed by atoms with van der Waals surface area (Å²) >= 11 is 0. The molecule has 2 aliphatic carbocycles. The molecule has 1 aliphatic heterocycles. The number of hydrogen-bond donors (Lipinski definition) is 2. The zero-order chi connectivity index (χ0) is 15.8. The zero-order valence-electron chi connectivity index (χ0n) is 14.3. The molecule has 0 aromatic heterocycles. The predicted octanol–water partition coefficient (Wildman–Crippen LogP) is 2.18. The first-order chi connectivity index (χ1) is 10.5. The minimum Gasteiger partial charge on any atom is -0.392 e. The number of nitrogens with zero attached hydrogens (tertiary/aromatic N) is 1. The summed E-state index contributed by atoms with van der Waals surface area (Å²) in [5.74, 6) is 0.766. The van der Waals surface area contributed by atoms with Crippen molar-refractivity contribution in [1.29, 1.82) is 0 Å². The highest BCUT2D eigenvalue weighted by Crippen LogP contribution is 2.51. The van der Waals surface area contributed by atoms with E-state index in [0.717, 1.165) is 77.1 Å². The second-order valence-corrected chi connectivity index (χ2v) is 8.11. The summed E-state index contributed by atoms with van der Waals surface area (Å²) in [5.41, 5.74) is -0.481. The average molecular weight is 311 g/mol. The third-order valence-corrected chi connectivity index (χ3v) is 6.62. The molecule has 1 spiro atoms. The Bertz CT molecular complexity index is 369. The predicted molar refractivity (Wildman–Crippen MR) is 86.7 cm³/mol. The number of likely N-dealkylation sites (tertiary alicyclic amines) is 1. The van der Waals surface area contributed by atoms with Crippen molar-refractivity contribution in [2.75, 3.05) is 26.2 Å². The molecule has 4 nitrogen and oxygen atoms in total. The summed E-state index contributed by atoms with van der Waals surface area (Å²) in [6, 6.07) is 0. The maximum absolute atomic E-state index is 10.8. The third kappa shape index (κ3) is 3.08. The molecule has 0 aromatic carbocycles. The first-order valence-corrected chi connectivity index (χ1v) is 9.22. The van der Waals surface area contributed by atoms with Gasteiger partial charge < -0.3 is 19.8 Å². The molecule has 128 valence electrons. The van der Waals surface area contributed by atoms with Gasteiger partial charge in [-0.2, -0.15) is 0 Å². The van der Waals surface area contributed by atoms with Crippen LogP contribution in [0.15, 0.2) is 0 Å². The Morgan fingerprint density at radius 2 is 1.77 bits per heavy atom. The van der Waals surface area contributed by atoms with Crippen LogP contribution in [0, 0.1) is 11.3 Å². The van der Waals surface area contributed by atoms with Gasteiger partial charge in [0, 0.05) is 25.0 Å². The van der Waals surface area contributed by atoms with Gasteiger partial charge in [-0.05, 0) is 64.5 Å². The van der Waals surface area contributed by atoms with Crippen LogP contribution in [-0.4, -0.2) is 59.2 Å². The van der Waals surface area contributed by atoms with E-state index < -0.39 is 5.60 Å². The molecule has 1 heterocycles. The fourth-order valence-corrected chi connectivity index (χ4v) is 4.82. The van der Waals surface area contributed by atoms with Crippen molar-refractivity contribution in [3.8, 4) is 0 Å². The van der Waals surface area contributed by atoms with Crippen LogP contribution in [0.3, 0.4) is 0 Å². The molecule has 2 saturated carbocycles. The summed E-state index contributed by atoms with van der Waals surface area (Å²) < 4.78 is 5.83. The number of piperidine rings is 1. The van der Waals surface area contributed by atoms with Gasteiger partial charge >= 0.3 is 0 Å². The van der Waals surface area contributed by atoms with Gasteiger partial charge in [0.1, 0.15) is 0 Å². The van der Waals surface area contributed by atoms with Gasteiger partial charge in [-0.25, -0.2) is 0 Å². The summed E-state index contributed by atoms with van der Waals surface area (Å²) in [4.78, 5) is 2.41. The fourth-order valence-electron chi connectivity index (χ4n) is 4.82. The summed E-state index contributed by atoms with van der Waals surface area (Å²) in [7, 11) is 0. The van der Waals surface area contributed by atoms with Crippen molar-refractivity contribution in [3.63, 3.8) is 0 Å². The van der Waals surface area contributed by atoms with Gasteiger partial charge in [0.2, 0.25) is 0 Å². The highest BCUT2D eigenvalue weighted by Gasteiger charge is 2.56. The Morgan fingerprint density at radius 1 is 1.14 bits per heavy atom. The van der Waals surface area contributed by atoms with Crippen molar-refractivity contribution in [1.82, 2.24) is 4.90 Å². The van der Waals surface area contributed by atoms with Crippen LogP contribution in [0.4, 0.5) is 0 Å². The average Bonchev–Trinajstić information content (AvgIpc) is 2.51. The topological polar surface area (TPSA) is 52.9 Å². The van der Waals surface area contributed by atoms with E-state index >= 15 is 0 Å². The lowest BCUT2D eigenvalue weighted by Crippen LogP contribution is -2.63. The van der Waals surface area contributed by atoms with Gasteiger partial charge in [-0.15, -0.1) is 0 Å². The lowest BCUT2D eigenvalue weighted by molar-refractivity contribution is -0.211. The van der Waals surface area contributed by atoms with Crippen molar-refractivity contribution in [2.24, 2.45) is 11.3 Å². The molecule has 0 bridgehead atoms. The van der Waals surface area contributed by atoms with Crippen molar-refractivity contribution in [2.45, 2.75) is 76.6 Å². The summed E-state index contributed by atoms with van der Waals surface area (Å²) in [6.45, 7) is 7.84. The van der Waals surface area contributed by atoms with E-state index in [-0.39, 0.29) is 17.6 Å². The lowest BCUT2D eigenvalue weighted by atomic mass is 9.58. The van der Waals surface area contributed by atoms with Crippen molar-refractivity contribution in [3.05, 3.63) is 0 Å². The van der Waals surface area contributed by atoms with Crippen LogP contribution in [0.25, 0.3) is 0 Å². The molecular weight excluding hydrogens is 278 g/mol. The zero-order valence-corrected chi connectivity index (χ0v) is 14.3. The first kappa shape index (κ1) is 16.7. The maximum atomic E-state index is 10.8. The van der Waals surface area contributed by atoms with E-state index in [9.17, 15) is 10.2 Å². The molecule has 1 saturated heterocycles. The summed E-state index contributed by atoms with van der Waals surface area (Å²) in [6.07, 6.45) is 7.06. The van der Waals surface area contributed by atoms with E-state index in [0.29, 0.717) is 0 Å². The number of rotatable bonds is 4. The molecule has 0 aromatic rings. The van der Waals surface area contributed by atoms with E-state index in [1.54, 1.807) is 0 Å². The minimum atomic E-state index is -0.478. The maximum Gasteiger partial charge on any atom is 0.0774 e. The van der Waals surface area contributed by atoms with Gasteiger partial charge in [-0.3, -0.25) is 0 Å². The molecular formula is C18H33NO3. The summed E-state index contributed by atoms with van der Waals surface area (Å²) in [5, 5.41) is 21.1. The van der Waals surface area contributed by atoms with Crippen LogP contribution in [0.5, 0.6) is 0 Å².